The lowest BCUT2D eigenvalue weighted by atomic mass is 10.1. The molecule has 0 spiro atoms. The quantitative estimate of drug-likeness (QED) is 0.175. The van der Waals surface area contributed by atoms with Gasteiger partial charge in [-0.2, -0.15) is 0 Å². The van der Waals surface area contributed by atoms with Crippen LogP contribution in [0.5, 0.6) is 11.5 Å². The summed E-state index contributed by atoms with van der Waals surface area (Å²) >= 11 is 0. The molecule has 0 aliphatic carbocycles. The van der Waals surface area contributed by atoms with E-state index in [9.17, 15) is 22.8 Å². The van der Waals surface area contributed by atoms with Crippen LogP contribution in [0.1, 0.15) is 49.4 Å². The zero-order chi connectivity index (χ0) is 21.2. The lowest BCUT2D eigenvalue weighted by Gasteiger charge is -2.06. The maximum absolute atomic E-state index is 13.2. The van der Waals surface area contributed by atoms with Crippen molar-refractivity contribution >= 4 is 11.9 Å². The van der Waals surface area contributed by atoms with Gasteiger partial charge in [0.2, 0.25) is 0 Å². The van der Waals surface area contributed by atoms with Crippen LogP contribution in [0.4, 0.5) is 13.2 Å². The van der Waals surface area contributed by atoms with E-state index in [1.165, 1.54) is 30.3 Å². The molecule has 7 heteroatoms. The summed E-state index contributed by atoms with van der Waals surface area (Å²) in [7, 11) is 0. The standard InChI is InChI=1S/C22H21F3O4/c1-2-3-4-5-6-7-8-20(26)28-16-11-9-15(10-12-16)22(27)29-17-13-18(23)21(25)19(24)14-17/h7-14H,2-6H2,1H3. The number of carbonyl (C=O) groups excluding carboxylic acids is 2. The minimum absolute atomic E-state index is 0.0569. The molecule has 0 bridgehead atoms. The maximum Gasteiger partial charge on any atom is 0.343 e. The van der Waals surface area contributed by atoms with E-state index >= 15 is 0 Å². The largest absolute Gasteiger partial charge is 0.423 e. The number of allylic oxidation sites excluding steroid dienone is 1. The van der Waals surface area contributed by atoms with Gasteiger partial charge in [0.05, 0.1) is 5.56 Å². The Bertz CT molecular complexity index is 853. The summed E-state index contributed by atoms with van der Waals surface area (Å²) in [5.41, 5.74) is 0.0569. The van der Waals surface area contributed by atoms with Crippen LogP contribution in [0.2, 0.25) is 0 Å². The first-order chi connectivity index (χ1) is 13.9. The molecule has 4 nitrogen and oxygen atoms in total. The normalized spacial score (nSPS) is 10.9. The van der Waals surface area contributed by atoms with Crippen LogP contribution in [0, 0.1) is 17.5 Å². The number of unbranched alkanes of at least 4 members (excludes halogenated alkanes) is 4. The van der Waals surface area contributed by atoms with Crippen molar-refractivity contribution in [3.8, 4) is 11.5 Å². The minimum atomic E-state index is -1.65. The molecule has 0 aliphatic rings. The van der Waals surface area contributed by atoms with Crippen LogP contribution < -0.4 is 9.47 Å². The number of hydrogen-bond donors (Lipinski definition) is 0. The molecule has 0 saturated heterocycles. The first-order valence-electron chi connectivity index (χ1n) is 9.26. The van der Waals surface area contributed by atoms with Crippen molar-refractivity contribution in [2.45, 2.75) is 39.0 Å². The average molecular weight is 406 g/mol. The summed E-state index contributed by atoms with van der Waals surface area (Å²) < 4.78 is 49.2. The third-order valence-electron chi connectivity index (χ3n) is 3.95. The molecule has 0 radical (unpaired) electrons. The fourth-order valence-electron chi connectivity index (χ4n) is 2.43. The predicted molar refractivity (Wildman–Crippen MR) is 101 cm³/mol. The van der Waals surface area contributed by atoms with Gasteiger partial charge in [0.25, 0.3) is 0 Å². The molecular formula is C22H21F3O4. The van der Waals surface area contributed by atoms with Gasteiger partial charge in [-0.25, -0.2) is 22.8 Å². The molecule has 0 N–H and O–H groups in total. The van der Waals surface area contributed by atoms with Gasteiger partial charge >= 0.3 is 11.9 Å². The zero-order valence-electron chi connectivity index (χ0n) is 15.9. The average Bonchev–Trinajstić information content (AvgIpc) is 2.69. The highest BCUT2D eigenvalue weighted by Gasteiger charge is 2.15. The van der Waals surface area contributed by atoms with Crippen LogP contribution in [0.15, 0.2) is 48.6 Å². The van der Waals surface area contributed by atoms with Crippen molar-refractivity contribution in [2.75, 3.05) is 0 Å². The van der Waals surface area contributed by atoms with E-state index in [4.69, 9.17) is 9.47 Å². The van der Waals surface area contributed by atoms with E-state index in [0.29, 0.717) is 12.1 Å². The first-order valence-corrected chi connectivity index (χ1v) is 9.26. The maximum atomic E-state index is 13.2. The van der Waals surface area contributed by atoms with E-state index in [1.807, 2.05) is 0 Å². The zero-order valence-corrected chi connectivity index (χ0v) is 15.9. The molecule has 0 unspecified atom stereocenters. The Morgan fingerprint density at radius 2 is 1.55 bits per heavy atom. The third-order valence-corrected chi connectivity index (χ3v) is 3.95. The third kappa shape index (κ3) is 7.10. The number of hydrogen-bond acceptors (Lipinski definition) is 4. The summed E-state index contributed by atoms with van der Waals surface area (Å²) in [6.45, 7) is 2.13. The number of esters is 2. The fraction of sp³-hybridized carbons (Fsp3) is 0.273. The minimum Gasteiger partial charge on any atom is -0.423 e. The molecule has 0 aliphatic heterocycles. The molecule has 2 aromatic rings. The highest BCUT2D eigenvalue weighted by molar-refractivity contribution is 5.91. The molecule has 0 fully saturated rings. The molecule has 2 rings (SSSR count). The van der Waals surface area contributed by atoms with Crippen LogP contribution in [0.3, 0.4) is 0 Å². The summed E-state index contributed by atoms with van der Waals surface area (Å²) in [4.78, 5) is 23.8. The molecule has 29 heavy (non-hydrogen) atoms. The lowest BCUT2D eigenvalue weighted by Crippen LogP contribution is -2.10. The lowest BCUT2D eigenvalue weighted by molar-refractivity contribution is -0.129. The molecule has 0 atom stereocenters. The Hall–Kier alpha value is -3.09. The number of benzene rings is 2. The van der Waals surface area contributed by atoms with Crippen molar-refractivity contribution in [2.24, 2.45) is 0 Å². The molecular weight excluding hydrogens is 385 g/mol. The van der Waals surface area contributed by atoms with Gasteiger partial charge in [-0.15, -0.1) is 0 Å². The molecule has 0 amide bonds. The van der Waals surface area contributed by atoms with Crippen molar-refractivity contribution in [1.82, 2.24) is 0 Å². The van der Waals surface area contributed by atoms with E-state index in [0.717, 1.165) is 32.1 Å². The smallest absolute Gasteiger partial charge is 0.343 e. The Morgan fingerprint density at radius 1 is 0.897 bits per heavy atom. The first kappa shape index (κ1) is 22.2. The topological polar surface area (TPSA) is 52.6 Å². The fourth-order valence-corrected chi connectivity index (χ4v) is 2.43. The predicted octanol–water partition coefficient (Wildman–Crippen LogP) is 5.76. The van der Waals surface area contributed by atoms with Crippen molar-refractivity contribution in [1.29, 1.82) is 0 Å². The Balaban J connectivity index is 1.88. The second-order valence-corrected chi connectivity index (χ2v) is 6.29. The Labute approximate surface area is 166 Å². The van der Waals surface area contributed by atoms with Crippen molar-refractivity contribution < 1.29 is 32.2 Å². The van der Waals surface area contributed by atoms with E-state index < -0.39 is 35.1 Å². The summed E-state index contributed by atoms with van der Waals surface area (Å²) in [6, 6.07) is 6.57. The Kier molecular flexibility index (Phi) is 8.45. The monoisotopic (exact) mass is 406 g/mol. The Morgan fingerprint density at radius 3 is 2.17 bits per heavy atom. The molecule has 0 aromatic heterocycles. The summed E-state index contributed by atoms with van der Waals surface area (Å²) in [5.74, 6) is -6.26. The second-order valence-electron chi connectivity index (χ2n) is 6.29. The van der Waals surface area contributed by atoms with Crippen LogP contribution in [0.25, 0.3) is 0 Å². The SMILES string of the molecule is CCCCCCC=CC(=O)Oc1ccc(C(=O)Oc2cc(F)c(F)c(F)c2)cc1. The van der Waals surface area contributed by atoms with E-state index in [2.05, 4.69) is 6.92 Å². The van der Waals surface area contributed by atoms with Gasteiger partial charge in [-0.3, -0.25) is 0 Å². The van der Waals surface area contributed by atoms with Gasteiger partial charge < -0.3 is 9.47 Å². The van der Waals surface area contributed by atoms with E-state index in [1.54, 1.807) is 6.08 Å². The van der Waals surface area contributed by atoms with Crippen molar-refractivity contribution in [3.05, 3.63) is 71.6 Å². The van der Waals surface area contributed by atoms with E-state index in [-0.39, 0.29) is 11.3 Å². The molecule has 0 heterocycles. The van der Waals surface area contributed by atoms with Gasteiger partial charge in [-0.05, 0) is 37.1 Å². The van der Waals surface area contributed by atoms with Crippen molar-refractivity contribution in [3.63, 3.8) is 0 Å². The van der Waals surface area contributed by atoms with Gasteiger partial charge in [0.1, 0.15) is 11.5 Å². The summed E-state index contributed by atoms with van der Waals surface area (Å²) in [6.07, 6.45) is 8.34. The van der Waals surface area contributed by atoms with Crippen LogP contribution in [-0.4, -0.2) is 11.9 Å². The van der Waals surface area contributed by atoms with Gasteiger partial charge in [0.15, 0.2) is 17.5 Å². The highest BCUT2D eigenvalue weighted by Crippen LogP contribution is 2.21. The molecule has 2 aromatic carbocycles. The second kappa shape index (κ2) is 11.0. The van der Waals surface area contributed by atoms with Crippen LogP contribution >= 0.6 is 0 Å². The highest BCUT2D eigenvalue weighted by atomic mass is 19.2. The number of ether oxygens (including phenoxy) is 2. The summed E-state index contributed by atoms with van der Waals surface area (Å²) in [5, 5.41) is 0. The molecule has 154 valence electrons. The number of halogens is 3. The van der Waals surface area contributed by atoms with Gasteiger partial charge in [-0.1, -0.05) is 32.3 Å². The molecule has 0 saturated carbocycles. The number of rotatable bonds is 9. The van der Waals surface area contributed by atoms with Crippen LogP contribution in [-0.2, 0) is 4.79 Å². The number of carbonyl (C=O) groups is 2. The van der Waals surface area contributed by atoms with Gasteiger partial charge in [0, 0.05) is 18.2 Å².